The number of halogens is 2. The van der Waals surface area contributed by atoms with E-state index in [2.05, 4.69) is 5.32 Å². The Hall–Kier alpha value is -2.60. The van der Waals surface area contributed by atoms with Gasteiger partial charge in [0, 0.05) is 17.6 Å². The molecule has 172 valence electrons. The molecule has 0 spiro atoms. The standard InChI is InChI=1S/C25H30ClFN2O3/c1-2-23(25(31)28-21-6-4-3-5-7-21)29(16-18-8-10-19(26)11-9-18)24(30)17-32-22-14-12-20(27)13-15-22/h8-15,21,23H,2-7,16-17H2,1H3,(H,28,31)/t23-/m0/s1. The van der Waals surface area contributed by atoms with Crippen LogP contribution < -0.4 is 10.1 Å². The highest BCUT2D eigenvalue weighted by molar-refractivity contribution is 6.30. The second-order valence-electron chi connectivity index (χ2n) is 8.16. The molecule has 1 atom stereocenters. The smallest absolute Gasteiger partial charge is 0.261 e. The lowest BCUT2D eigenvalue weighted by Gasteiger charge is -2.32. The molecular formula is C25H30ClFN2O3. The molecule has 0 unspecified atom stereocenters. The zero-order chi connectivity index (χ0) is 22.9. The number of nitrogens with one attached hydrogen (secondary N) is 1. The lowest BCUT2D eigenvalue weighted by Crippen LogP contribution is -2.52. The van der Waals surface area contributed by atoms with Crippen molar-refractivity contribution in [3.63, 3.8) is 0 Å². The topological polar surface area (TPSA) is 58.6 Å². The molecule has 0 heterocycles. The van der Waals surface area contributed by atoms with Gasteiger partial charge in [-0.2, -0.15) is 0 Å². The minimum absolute atomic E-state index is 0.136. The molecule has 7 heteroatoms. The molecule has 5 nitrogen and oxygen atoms in total. The maximum atomic E-state index is 13.2. The van der Waals surface area contributed by atoms with Gasteiger partial charge in [-0.05, 0) is 61.2 Å². The average molecular weight is 461 g/mol. The fourth-order valence-corrected chi connectivity index (χ4v) is 4.14. The second-order valence-corrected chi connectivity index (χ2v) is 8.59. The van der Waals surface area contributed by atoms with E-state index >= 15 is 0 Å². The molecule has 1 aliphatic carbocycles. The van der Waals surface area contributed by atoms with Crippen LogP contribution in [0.5, 0.6) is 5.75 Å². The monoisotopic (exact) mass is 460 g/mol. The number of hydrogen-bond acceptors (Lipinski definition) is 3. The van der Waals surface area contributed by atoms with E-state index in [1.807, 2.05) is 19.1 Å². The van der Waals surface area contributed by atoms with E-state index in [1.165, 1.54) is 30.7 Å². The van der Waals surface area contributed by atoms with Crippen molar-refractivity contribution in [1.29, 1.82) is 0 Å². The fraction of sp³-hybridized carbons (Fsp3) is 0.440. The van der Waals surface area contributed by atoms with Gasteiger partial charge in [0.2, 0.25) is 5.91 Å². The molecule has 2 amide bonds. The van der Waals surface area contributed by atoms with E-state index in [0.717, 1.165) is 31.2 Å². The van der Waals surface area contributed by atoms with Gasteiger partial charge in [0.1, 0.15) is 17.6 Å². The molecule has 0 bridgehead atoms. The summed E-state index contributed by atoms with van der Waals surface area (Å²) in [6.07, 6.45) is 5.85. The third kappa shape index (κ3) is 6.95. The summed E-state index contributed by atoms with van der Waals surface area (Å²) in [5.41, 5.74) is 0.869. The molecule has 3 rings (SSSR count). The van der Waals surface area contributed by atoms with Crippen LogP contribution in [-0.2, 0) is 16.1 Å². The highest BCUT2D eigenvalue weighted by Crippen LogP contribution is 2.20. The molecule has 0 saturated heterocycles. The zero-order valence-electron chi connectivity index (χ0n) is 18.4. The highest BCUT2D eigenvalue weighted by atomic mass is 35.5. The zero-order valence-corrected chi connectivity index (χ0v) is 19.1. The van der Waals surface area contributed by atoms with Crippen molar-refractivity contribution in [3.05, 3.63) is 64.9 Å². The largest absolute Gasteiger partial charge is 0.484 e. The maximum absolute atomic E-state index is 13.2. The molecule has 0 aromatic heterocycles. The molecule has 1 saturated carbocycles. The Morgan fingerprint density at radius 2 is 1.75 bits per heavy atom. The number of carbonyl (C=O) groups excluding carboxylic acids is 2. The van der Waals surface area contributed by atoms with E-state index in [0.29, 0.717) is 17.2 Å². The third-order valence-electron chi connectivity index (χ3n) is 5.78. The first kappa shape index (κ1) is 24.1. The molecule has 2 aromatic rings. The van der Waals surface area contributed by atoms with Gasteiger partial charge in [-0.1, -0.05) is 49.9 Å². The summed E-state index contributed by atoms with van der Waals surface area (Å²) >= 11 is 6.00. The van der Waals surface area contributed by atoms with E-state index < -0.39 is 6.04 Å². The highest BCUT2D eigenvalue weighted by Gasteiger charge is 2.30. The summed E-state index contributed by atoms with van der Waals surface area (Å²) in [7, 11) is 0. The Labute approximate surface area is 193 Å². The van der Waals surface area contributed by atoms with Gasteiger partial charge in [0.05, 0.1) is 0 Å². The van der Waals surface area contributed by atoms with Crippen LogP contribution in [0.3, 0.4) is 0 Å². The SMILES string of the molecule is CC[C@@H](C(=O)NC1CCCCC1)N(Cc1ccc(Cl)cc1)C(=O)COc1ccc(F)cc1. The number of hydrogen-bond donors (Lipinski definition) is 1. The number of carbonyl (C=O) groups is 2. The number of nitrogens with zero attached hydrogens (tertiary/aromatic N) is 1. The van der Waals surface area contributed by atoms with Crippen molar-refractivity contribution in [3.8, 4) is 5.75 Å². The van der Waals surface area contributed by atoms with E-state index in [-0.39, 0.29) is 36.8 Å². The van der Waals surface area contributed by atoms with Crippen LogP contribution >= 0.6 is 11.6 Å². The minimum Gasteiger partial charge on any atom is -0.484 e. The van der Waals surface area contributed by atoms with Crippen molar-refractivity contribution in [2.45, 2.75) is 64.1 Å². The van der Waals surface area contributed by atoms with Crippen molar-refractivity contribution in [2.24, 2.45) is 0 Å². The summed E-state index contributed by atoms with van der Waals surface area (Å²) in [6, 6.07) is 12.2. The van der Waals surface area contributed by atoms with E-state index in [1.54, 1.807) is 17.0 Å². The maximum Gasteiger partial charge on any atom is 0.261 e. The minimum atomic E-state index is -0.614. The van der Waals surface area contributed by atoms with Gasteiger partial charge in [0.25, 0.3) is 5.91 Å². The molecule has 32 heavy (non-hydrogen) atoms. The predicted molar refractivity (Wildman–Crippen MR) is 123 cm³/mol. The summed E-state index contributed by atoms with van der Waals surface area (Å²) in [4.78, 5) is 27.9. The Kier molecular flexibility index (Phi) is 8.91. The van der Waals surface area contributed by atoms with Crippen LogP contribution in [0.4, 0.5) is 4.39 Å². The first-order valence-electron chi connectivity index (χ1n) is 11.2. The van der Waals surface area contributed by atoms with Crippen molar-refractivity contribution in [2.75, 3.05) is 6.61 Å². The first-order chi connectivity index (χ1) is 15.5. The Balaban J connectivity index is 1.73. The Morgan fingerprint density at radius 3 is 2.38 bits per heavy atom. The van der Waals surface area contributed by atoms with Gasteiger partial charge in [-0.15, -0.1) is 0 Å². The second kappa shape index (κ2) is 11.9. The molecule has 2 aromatic carbocycles. The van der Waals surface area contributed by atoms with Crippen LogP contribution in [0.25, 0.3) is 0 Å². The van der Waals surface area contributed by atoms with Crippen molar-refractivity contribution in [1.82, 2.24) is 10.2 Å². The van der Waals surface area contributed by atoms with Crippen LogP contribution in [-0.4, -0.2) is 35.4 Å². The number of ether oxygens (including phenoxy) is 1. The summed E-state index contributed by atoms with van der Waals surface area (Å²) < 4.78 is 18.7. The lowest BCUT2D eigenvalue weighted by atomic mass is 9.95. The van der Waals surface area contributed by atoms with Gasteiger partial charge in [0.15, 0.2) is 6.61 Å². The summed E-state index contributed by atoms with van der Waals surface area (Å²) in [5.74, 6) is -0.428. The quantitative estimate of drug-likeness (QED) is 0.565. The first-order valence-corrected chi connectivity index (χ1v) is 11.6. The van der Waals surface area contributed by atoms with Gasteiger partial charge >= 0.3 is 0 Å². The van der Waals surface area contributed by atoms with Crippen molar-refractivity contribution >= 4 is 23.4 Å². The fourth-order valence-electron chi connectivity index (χ4n) is 4.01. The third-order valence-corrected chi connectivity index (χ3v) is 6.03. The van der Waals surface area contributed by atoms with Crippen LogP contribution in [0.2, 0.25) is 5.02 Å². The molecule has 1 N–H and O–H groups in total. The normalized spacial score (nSPS) is 15.1. The van der Waals surface area contributed by atoms with Crippen LogP contribution in [0.1, 0.15) is 51.0 Å². The van der Waals surface area contributed by atoms with E-state index in [4.69, 9.17) is 16.3 Å². The number of amides is 2. The van der Waals surface area contributed by atoms with E-state index in [9.17, 15) is 14.0 Å². The molecule has 0 radical (unpaired) electrons. The van der Waals surface area contributed by atoms with Crippen molar-refractivity contribution < 1.29 is 18.7 Å². The van der Waals surface area contributed by atoms with Gasteiger partial charge < -0.3 is 15.0 Å². The summed E-state index contributed by atoms with van der Waals surface area (Å²) in [6.45, 7) is 1.92. The number of rotatable bonds is 9. The molecule has 1 aliphatic rings. The van der Waals surface area contributed by atoms with Gasteiger partial charge in [-0.3, -0.25) is 9.59 Å². The Morgan fingerprint density at radius 1 is 1.09 bits per heavy atom. The summed E-state index contributed by atoms with van der Waals surface area (Å²) in [5, 5.41) is 3.75. The van der Waals surface area contributed by atoms with Crippen LogP contribution in [0, 0.1) is 5.82 Å². The lowest BCUT2D eigenvalue weighted by molar-refractivity contribution is -0.143. The van der Waals surface area contributed by atoms with Gasteiger partial charge in [-0.25, -0.2) is 4.39 Å². The van der Waals surface area contributed by atoms with Crippen LogP contribution in [0.15, 0.2) is 48.5 Å². The number of benzene rings is 2. The molecule has 1 fully saturated rings. The Bertz CT molecular complexity index is 883. The average Bonchev–Trinajstić information content (AvgIpc) is 2.80. The molecule has 0 aliphatic heterocycles. The molecular weight excluding hydrogens is 431 g/mol. The predicted octanol–water partition coefficient (Wildman–Crippen LogP) is 5.11.